The van der Waals surface area contributed by atoms with Gasteiger partial charge in [-0.3, -0.25) is 4.79 Å². The van der Waals surface area contributed by atoms with Gasteiger partial charge in [-0.25, -0.2) is 4.98 Å². The Morgan fingerprint density at radius 3 is 2.73 bits per heavy atom. The molecule has 0 bridgehead atoms. The van der Waals surface area contributed by atoms with Crippen molar-refractivity contribution in [3.05, 3.63) is 35.4 Å². The predicted molar refractivity (Wildman–Crippen MR) is 59.4 cm³/mol. The molecule has 78 valence electrons. The number of imidazole rings is 1. The number of hydrogen-bond acceptors (Lipinski definition) is 2. The Labute approximate surface area is 88.8 Å². The summed E-state index contributed by atoms with van der Waals surface area (Å²) in [6, 6.07) is 3.76. The van der Waals surface area contributed by atoms with Crippen molar-refractivity contribution in [3.63, 3.8) is 0 Å². The van der Waals surface area contributed by atoms with Crippen LogP contribution in [0, 0.1) is 6.92 Å². The lowest BCUT2D eigenvalue weighted by atomic mass is 10.2. The number of rotatable bonds is 2. The van der Waals surface area contributed by atoms with Gasteiger partial charge in [-0.05, 0) is 19.1 Å². The topological polar surface area (TPSA) is 34.4 Å². The number of hydrogen-bond donors (Lipinski definition) is 0. The third-order valence-electron chi connectivity index (χ3n) is 2.52. The summed E-state index contributed by atoms with van der Waals surface area (Å²) in [5, 5.41) is 0. The van der Waals surface area contributed by atoms with E-state index in [4.69, 9.17) is 0 Å². The second-order valence-electron chi connectivity index (χ2n) is 4.05. The van der Waals surface area contributed by atoms with Gasteiger partial charge in [-0.15, -0.1) is 0 Å². The van der Waals surface area contributed by atoms with E-state index >= 15 is 0 Å². The molecule has 2 aromatic heterocycles. The predicted octanol–water partition coefficient (Wildman–Crippen LogP) is 2.58. The smallest absolute Gasteiger partial charge is 0.151 e. The number of carbonyl (C=O) groups excluding carboxylic acids is 1. The summed E-state index contributed by atoms with van der Waals surface area (Å²) in [7, 11) is 0. The third-order valence-corrected chi connectivity index (χ3v) is 2.52. The molecule has 0 spiro atoms. The van der Waals surface area contributed by atoms with Gasteiger partial charge in [0.2, 0.25) is 0 Å². The van der Waals surface area contributed by atoms with Crippen LogP contribution in [-0.4, -0.2) is 15.7 Å². The lowest BCUT2D eigenvalue weighted by Gasteiger charge is -2.04. The standard InChI is InChI=1S/C12H14N2O/c1-8(2)12-13-9(3)11-5-4-10(7-15)6-14(11)12/h4-8H,1-3H3. The van der Waals surface area contributed by atoms with Crippen LogP contribution in [0.25, 0.3) is 5.52 Å². The summed E-state index contributed by atoms with van der Waals surface area (Å²) in [6.45, 7) is 6.19. The third kappa shape index (κ3) is 1.54. The molecule has 0 saturated carbocycles. The van der Waals surface area contributed by atoms with Gasteiger partial charge in [0.1, 0.15) is 5.82 Å². The molecule has 0 unspecified atom stereocenters. The summed E-state index contributed by atoms with van der Waals surface area (Å²) < 4.78 is 2.00. The van der Waals surface area contributed by atoms with E-state index in [2.05, 4.69) is 18.8 Å². The molecule has 3 nitrogen and oxygen atoms in total. The number of aromatic nitrogens is 2. The summed E-state index contributed by atoms with van der Waals surface area (Å²) in [6.07, 6.45) is 2.70. The molecule has 15 heavy (non-hydrogen) atoms. The van der Waals surface area contributed by atoms with Crippen LogP contribution in [-0.2, 0) is 0 Å². The van der Waals surface area contributed by atoms with Crippen LogP contribution in [0.15, 0.2) is 18.3 Å². The summed E-state index contributed by atoms with van der Waals surface area (Å²) in [5.74, 6) is 1.36. The zero-order chi connectivity index (χ0) is 11.0. The molecule has 0 aliphatic heterocycles. The van der Waals surface area contributed by atoms with Crippen LogP contribution in [0.3, 0.4) is 0 Å². The van der Waals surface area contributed by atoms with Crippen LogP contribution < -0.4 is 0 Å². The minimum Gasteiger partial charge on any atom is -0.303 e. The Bertz CT molecular complexity index is 512. The lowest BCUT2D eigenvalue weighted by Crippen LogP contribution is -1.97. The minimum atomic E-state index is 0.355. The van der Waals surface area contributed by atoms with E-state index in [1.165, 1.54) is 0 Å². The lowest BCUT2D eigenvalue weighted by molar-refractivity contribution is 0.112. The van der Waals surface area contributed by atoms with Crippen molar-refractivity contribution in [1.82, 2.24) is 9.38 Å². The Morgan fingerprint density at radius 2 is 2.13 bits per heavy atom. The van der Waals surface area contributed by atoms with Crippen molar-refractivity contribution < 1.29 is 4.79 Å². The molecular weight excluding hydrogens is 188 g/mol. The summed E-state index contributed by atoms with van der Waals surface area (Å²) >= 11 is 0. The molecule has 2 aromatic rings. The second kappa shape index (κ2) is 3.50. The number of aryl methyl sites for hydroxylation is 1. The average molecular weight is 202 g/mol. The Balaban J connectivity index is 2.77. The molecule has 0 aliphatic rings. The molecule has 0 atom stereocenters. The largest absolute Gasteiger partial charge is 0.303 e. The molecule has 0 N–H and O–H groups in total. The molecule has 3 heteroatoms. The van der Waals surface area contributed by atoms with Gasteiger partial charge >= 0.3 is 0 Å². The fraction of sp³-hybridized carbons (Fsp3) is 0.333. The molecule has 0 fully saturated rings. The van der Waals surface area contributed by atoms with Gasteiger partial charge in [0, 0.05) is 17.7 Å². The quantitative estimate of drug-likeness (QED) is 0.701. The van der Waals surface area contributed by atoms with Crippen molar-refractivity contribution in [1.29, 1.82) is 0 Å². The normalized spacial score (nSPS) is 11.2. The molecule has 2 heterocycles. The highest BCUT2D eigenvalue weighted by Gasteiger charge is 2.10. The molecule has 0 aliphatic carbocycles. The van der Waals surface area contributed by atoms with E-state index in [0.29, 0.717) is 11.5 Å². The maximum Gasteiger partial charge on any atom is 0.151 e. The highest BCUT2D eigenvalue weighted by Crippen LogP contribution is 2.19. The first-order chi connectivity index (χ1) is 7.13. The Morgan fingerprint density at radius 1 is 1.40 bits per heavy atom. The number of carbonyl (C=O) groups is 1. The van der Waals surface area contributed by atoms with E-state index in [0.717, 1.165) is 23.3 Å². The average Bonchev–Trinajstić information content (AvgIpc) is 2.56. The number of pyridine rings is 1. The minimum absolute atomic E-state index is 0.355. The van der Waals surface area contributed by atoms with Crippen LogP contribution in [0.1, 0.15) is 41.6 Å². The van der Waals surface area contributed by atoms with Crippen molar-refractivity contribution in [2.75, 3.05) is 0 Å². The van der Waals surface area contributed by atoms with Gasteiger partial charge in [0.25, 0.3) is 0 Å². The first-order valence-electron chi connectivity index (χ1n) is 5.07. The maximum absolute atomic E-state index is 10.7. The van der Waals surface area contributed by atoms with Crippen LogP contribution in [0.2, 0.25) is 0 Å². The first-order valence-corrected chi connectivity index (χ1v) is 5.07. The van der Waals surface area contributed by atoms with Gasteiger partial charge in [0.05, 0.1) is 11.2 Å². The fourth-order valence-electron chi connectivity index (χ4n) is 1.76. The van der Waals surface area contributed by atoms with Gasteiger partial charge in [0.15, 0.2) is 6.29 Å². The van der Waals surface area contributed by atoms with E-state index in [1.807, 2.05) is 29.7 Å². The van der Waals surface area contributed by atoms with Crippen LogP contribution in [0.4, 0.5) is 0 Å². The van der Waals surface area contributed by atoms with E-state index in [-0.39, 0.29) is 0 Å². The fourth-order valence-corrected chi connectivity index (χ4v) is 1.76. The van der Waals surface area contributed by atoms with Crippen LogP contribution >= 0.6 is 0 Å². The maximum atomic E-state index is 10.7. The van der Waals surface area contributed by atoms with Gasteiger partial charge in [-0.1, -0.05) is 13.8 Å². The Kier molecular flexibility index (Phi) is 2.31. The van der Waals surface area contributed by atoms with Crippen molar-refractivity contribution in [3.8, 4) is 0 Å². The van der Waals surface area contributed by atoms with Gasteiger partial charge in [-0.2, -0.15) is 0 Å². The molecule has 2 rings (SSSR count). The van der Waals surface area contributed by atoms with E-state index in [9.17, 15) is 4.79 Å². The molecule has 0 aromatic carbocycles. The highest BCUT2D eigenvalue weighted by atomic mass is 16.1. The van der Waals surface area contributed by atoms with E-state index in [1.54, 1.807) is 0 Å². The van der Waals surface area contributed by atoms with E-state index < -0.39 is 0 Å². The Hall–Kier alpha value is -1.64. The van der Waals surface area contributed by atoms with Crippen molar-refractivity contribution in [2.45, 2.75) is 26.7 Å². The number of fused-ring (bicyclic) bond motifs is 1. The number of aldehydes is 1. The number of nitrogens with zero attached hydrogens (tertiary/aromatic N) is 2. The summed E-state index contributed by atoms with van der Waals surface area (Å²) in [4.78, 5) is 15.2. The van der Waals surface area contributed by atoms with Crippen molar-refractivity contribution in [2.24, 2.45) is 0 Å². The van der Waals surface area contributed by atoms with Crippen molar-refractivity contribution >= 4 is 11.8 Å². The van der Waals surface area contributed by atoms with Gasteiger partial charge < -0.3 is 4.40 Å². The second-order valence-corrected chi connectivity index (χ2v) is 4.05. The molecule has 0 radical (unpaired) electrons. The molecule has 0 amide bonds. The molecule has 0 saturated heterocycles. The zero-order valence-electron chi connectivity index (χ0n) is 9.19. The SMILES string of the molecule is Cc1nc(C(C)C)n2cc(C=O)ccc12. The summed E-state index contributed by atoms with van der Waals surface area (Å²) in [5.41, 5.74) is 2.77. The zero-order valence-corrected chi connectivity index (χ0v) is 9.19. The first kappa shape index (κ1) is 9.90. The monoisotopic (exact) mass is 202 g/mol. The molecular formula is C12H14N2O. The highest BCUT2D eigenvalue weighted by molar-refractivity contribution is 5.75. The van der Waals surface area contributed by atoms with Crippen LogP contribution in [0.5, 0.6) is 0 Å².